The summed E-state index contributed by atoms with van der Waals surface area (Å²) in [6, 6.07) is 17.6. The number of ether oxygens (including phenoxy) is 1. The van der Waals surface area contributed by atoms with E-state index in [4.69, 9.17) is 33.7 Å². The third-order valence-corrected chi connectivity index (χ3v) is 8.27. The number of rotatable bonds is 5. The van der Waals surface area contributed by atoms with Gasteiger partial charge < -0.3 is 10.5 Å². The Kier molecular flexibility index (Phi) is 7.63. The van der Waals surface area contributed by atoms with Crippen molar-refractivity contribution in [2.75, 3.05) is 4.90 Å². The molecule has 0 saturated carbocycles. The Morgan fingerprint density at radius 3 is 2.56 bits per heavy atom. The van der Waals surface area contributed by atoms with E-state index in [0.29, 0.717) is 40.4 Å². The van der Waals surface area contributed by atoms with Gasteiger partial charge in [0.1, 0.15) is 24.0 Å². The van der Waals surface area contributed by atoms with Crippen LogP contribution in [0.25, 0.3) is 0 Å². The van der Waals surface area contributed by atoms with Gasteiger partial charge in [0, 0.05) is 28.4 Å². The fourth-order valence-corrected chi connectivity index (χ4v) is 6.30. The summed E-state index contributed by atoms with van der Waals surface area (Å²) in [5.41, 5.74) is 12.4. The molecule has 1 heterocycles. The van der Waals surface area contributed by atoms with Crippen molar-refractivity contribution < 1.29 is 13.9 Å². The number of allylic oxidation sites excluding steroid dienone is 3. The lowest BCUT2D eigenvalue weighted by Gasteiger charge is -2.44. The molecule has 5 nitrogen and oxygen atoms in total. The number of halogens is 3. The van der Waals surface area contributed by atoms with Crippen molar-refractivity contribution >= 4 is 34.7 Å². The van der Waals surface area contributed by atoms with Crippen LogP contribution in [-0.4, -0.2) is 5.78 Å². The third-order valence-electron chi connectivity index (χ3n) is 7.74. The van der Waals surface area contributed by atoms with E-state index in [-0.39, 0.29) is 28.6 Å². The number of nitrogens with two attached hydrogens (primary N) is 1. The van der Waals surface area contributed by atoms with Gasteiger partial charge in [-0.2, -0.15) is 5.26 Å². The van der Waals surface area contributed by atoms with E-state index in [9.17, 15) is 14.4 Å². The van der Waals surface area contributed by atoms with Crippen LogP contribution in [0.4, 0.5) is 10.1 Å². The van der Waals surface area contributed by atoms with Crippen LogP contribution in [-0.2, 0) is 11.4 Å². The summed E-state index contributed by atoms with van der Waals surface area (Å²) in [6.45, 7) is 8.20. The van der Waals surface area contributed by atoms with Crippen LogP contribution < -0.4 is 15.4 Å². The van der Waals surface area contributed by atoms with Gasteiger partial charge >= 0.3 is 0 Å². The van der Waals surface area contributed by atoms with Crippen molar-refractivity contribution in [2.24, 2.45) is 11.1 Å². The average molecular weight is 591 g/mol. The molecule has 1 aliphatic heterocycles. The second kappa shape index (κ2) is 10.9. The highest BCUT2D eigenvalue weighted by molar-refractivity contribution is 6.32. The molecule has 5 rings (SSSR count). The molecule has 41 heavy (non-hydrogen) atoms. The largest absolute Gasteiger partial charge is 0.487 e. The topological polar surface area (TPSA) is 79.3 Å². The molecule has 0 radical (unpaired) electrons. The van der Waals surface area contributed by atoms with Crippen LogP contribution in [0.5, 0.6) is 5.75 Å². The molecule has 1 aliphatic carbocycles. The lowest BCUT2D eigenvalue weighted by molar-refractivity contribution is -0.118. The van der Waals surface area contributed by atoms with Crippen molar-refractivity contribution in [3.05, 3.63) is 115 Å². The van der Waals surface area contributed by atoms with E-state index >= 15 is 0 Å². The maximum Gasteiger partial charge on any atom is 0.162 e. The maximum absolute atomic E-state index is 13.9. The van der Waals surface area contributed by atoms with E-state index in [0.717, 1.165) is 28.0 Å². The number of ketones is 1. The molecule has 0 amide bonds. The van der Waals surface area contributed by atoms with Gasteiger partial charge in [-0.15, -0.1) is 0 Å². The van der Waals surface area contributed by atoms with E-state index in [1.165, 1.54) is 18.2 Å². The summed E-state index contributed by atoms with van der Waals surface area (Å²) in [5, 5.41) is 11.2. The lowest BCUT2D eigenvalue weighted by atomic mass is 9.68. The Hall–Kier alpha value is -3.79. The van der Waals surface area contributed by atoms with Crippen LogP contribution in [0.1, 0.15) is 54.9 Å². The highest BCUT2D eigenvalue weighted by atomic mass is 35.5. The molecule has 0 aromatic heterocycles. The minimum absolute atomic E-state index is 0.00896. The number of nitrogens with zero attached hydrogens (tertiary/aromatic N) is 2. The van der Waals surface area contributed by atoms with Crippen LogP contribution >= 0.6 is 23.2 Å². The second-order valence-corrected chi connectivity index (χ2v) is 12.3. The number of aryl methyl sites for hydroxylation is 1. The van der Waals surface area contributed by atoms with Crippen molar-refractivity contribution in [2.45, 2.75) is 53.1 Å². The Balaban J connectivity index is 1.67. The number of carbonyl (C=O) groups excluding carboxylic acids is 1. The first-order valence-electron chi connectivity index (χ1n) is 13.3. The summed E-state index contributed by atoms with van der Waals surface area (Å²) in [6.07, 6.45) is 0.953. The smallest absolute Gasteiger partial charge is 0.162 e. The molecule has 1 atom stereocenters. The fourth-order valence-electron chi connectivity index (χ4n) is 5.89. The van der Waals surface area contributed by atoms with Gasteiger partial charge in [0.05, 0.1) is 22.6 Å². The predicted octanol–water partition coefficient (Wildman–Crippen LogP) is 8.27. The summed E-state index contributed by atoms with van der Waals surface area (Å²) < 4.78 is 19.5. The minimum Gasteiger partial charge on any atom is -0.487 e. The molecule has 3 aromatic rings. The fraction of sp³-hybridized carbons (Fsp3) is 0.273. The molecule has 210 valence electrons. The zero-order valence-corrected chi connectivity index (χ0v) is 24.8. The third kappa shape index (κ3) is 5.45. The zero-order valence-electron chi connectivity index (χ0n) is 23.3. The number of hydrogen-bond acceptors (Lipinski definition) is 5. The average Bonchev–Trinajstić information content (AvgIpc) is 2.88. The highest BCUT2D eigenvalue weighted by Crippen LogP contribution is 2.51. The van der Waals surface area contributed by atoms with Crippen molar-refractivity contribution in [1.82, 2.24) is 0 Å². The van der Waals surface area contributed by atoms with E-state index in [1.807, 2.05) is 43.0 Å². The molecular formula is C33H30Cl2FN3O2. The molecule has 2 N–H and O–H groups in total. The second-order valence-electron chi connectivity index (χ2n) is 11.5. The quantitative estimate of drug-likeness (QED) is 0.324. The van der Waals surface area contributed by atoms with Gasteiger partial charge in [0.15, 0.2) is 5.78 Å². The van der Waals surface area contributed by atoms with Gasteiger partial charge in [0.2, 0.25) is 0 Å². The van der Waals surface area contributed by atoms with Crippen molar-refractivity contribution in [1.29, 1.82) is 5.26 Å². The molecule has 0 bridgehead atoms. The normalized spacial score (nSPS) is 18.3. The number of benzene rings is 3. The molecule has 1 unspecified atom stereocenters. The Labute approximate surface area is 249 Å². The maximum atomic E-state index is 13.9. The molecule has 3 aromatic carbocycles. The van der Waals surface area contributed by atoms with Gasteiger partial charge in [-0.05, 0) is 78.8 Å². The number of nitriles is 1. The van der Waals surface area contributed by atoms with E-state index in [1.54, 1.807) is 12.1 Å². The highest BCUT2D eigenvalue weighted by Gasteiger charge is 2.45. The first kappa shape index (κ1) is 28.7. The molecular weight excluding hydrogens is 560 g/mol. The summed E-state index contributed by atoms with van der Waals surface area (Å²) >= 11 is 12.5. The number of hydrogen-bond donors (Lipinski definition) is 1. The molecule has 2 aliphatic rings. The zero-order chi connectivity index (χ0) is 29.6. The van der Waals surface area contributed by atoms with Gasteiger partial charge in [-0.1, -0.05) is 60.8 Å². The predicted molar refractivity (Wildman–Crippen MR) is 160 cm³/mol. The van der Waals surface area contributed by atoms with Crippen LogP contribution in [0.3, 0.4) is 0 Å². The minimum atomic E-state index is -0.637. The van der Waals surface area contributed by atoms with Gasteiger partial charge in [-0.3, -0.25) is 9.69 Å². The van der Waals surface area contributed by atoms with Gasteiger partial charge in [0.25, 0.3) is 0 Å². The van der Waals surface area contributed by atoms with Crippen LogP contribution in [0.15, 0.2) is 77.3 Å². The Morgan fingerprint density at radius 2 is 1.88 bits per heavy atom. The number of Topliss-reactive ketones (excluding diaryl/α,β-unsaturated/α-hetero) is 1. The molecule has 0 saturated heterocycles. The van der Waals surface area contributed by atoms with E-state index in [2.05, 4.69) is 19.9 Å². The summed E-state index contributed by atoms with van der Waals surface area (Å²) in [4.78, 5) is 15.8. The molecule has 0 spiro atoms. The van der Waals surface area contributed by atoms with Crippen molar-refractivity contribution in [3.63, 3.8) is 0 Å². The Morgan fingerprint density at radius 1 is 1.12 bits per heavy atom. The first-order chi connectivity index (χ1) is 19.4. The molecule has 0 fully saturated rings. The SMILES string of the molecule is Cc1cc(COc2ccc(F)cc2Cl)c(C)c(C2C(C#N)=C(N)N(c3cccc(Cl)c3)C3=C2C(=O)CC(C)(C)C3)c1. The first-order valence-corrected chi connectivity index (χ1v) is 14.1. The number of anilines is 1. The van der Waals surface area contributed by atoms with E-state index < -0.39 is 11.7 Å². The van der Waals surface area contributed by atoms with Crippen molar-refractivity contribution in [3.8, 4) is 11.8 Å². The van der Waals surface area contributed by atoms with Crippen LogP contribution in [0.2, 0.25) is 10.0 Å². The monoisotopic (exact) mass is 589 g/mol. The standard InChI is InChI=1S/C33H30Cl2FN3O2/c1-18-10-20(17-41-29-9-8-22(36)13-26(29)35)19(2)24(11-18)30-25(16-37)32(38)39(23-7-5-6-21(34)12-23)27-14-33(3,4)15-28(40)31(27)30/h5-13,30H,14-15,17,38H2,1-4H3. The van der Waals surface area contributed by atoms with Gasteiger partial charge in [-0.25, -0.2) is 4.39 Å². The summed E-state index contributed by atoms with van der Waals surface area (Å²) in [7, 11) is 0. The number of carbonyl (C=O) groups is 1. The molecule has 8 heteroatoms. The Bertz CT molecular complexity index is 1690. The van der Waals surface area contributed by atoms with Crippen LogP contribution in [0, 0.1) is 36.4 Å². The summed E-state index contributed by atoms with van der Waals surface area (Å²) in [5.74, 6) is -0.451. The lowest BCUT2D eigenvalue weighted by Crippen LogP contribution is -2.42.